The zero-order valence-corrected chi connectivity index (χ0v) is 17.5. The molecule has 4 nitrogen and oxygen atoms in total. The van der Waals surface area contributed by atoms with Crippen LogP contribution in [0.3, 0.4) is 0 Å². The molecule has 1 aliphatic heterocycles. The number of guanidine groups is 1. The number of hydrogen-bond donors (Lipinski definition) is 3. The Labute approximate surface area is 166 Å². The van der Waals surface area contributed by atoms with Gasteiger partial charge >= 0.3 is 0 Å². The van der Waals surface area contributed by atoms with Crippen LogP contribution in [0.5, 0.6) is 5.75 Å². The van der Waals surface area contributed by atoms with Crippen molar-refractivity contribution in [2.45, 2.75) is 50.3 Å². The van der Waals surface area contributed by atoms with E-state index in [0.29, 0.717) is 17.5 Å². The van der Waals surface area contributed by atoms with Crippen LogP contribution < -0.4 is 10.6 Å². The number of nitrogens with zero attached hydrogens (tertiary/aromatic N) is 1. The van der Waals surface area contributed by atoms with Crippen molar-refractivity contribution < 1.29 is 5.11 Å². The van der Waals surface area contributed by atoms with Crippen molar-refractivity contribution in [2.75, 3.05) is 19.3 Å². The summed E-state index contributed by atoms with van der Waals surface area (Å²) in [6.45, 7) is 1.59. The van der Waals surface area contributed by atoms with Crippen LogP contribution in [0, 0.1) is 0 Å². The first-order chi connectivity index (χ1) is 11.3. The first-order valence-corrected chi connectivity index (χ1v) is 9.71. The molecule has 0 bridgehead atoms. The van der Waals surface area contributed by atoms with Gasteiger partial charge < -0.3 is 15.7 Å². The van der Waals surface area contributed by atoms with Crippen LogP contribution in [0.1, 0.15) is 42.4 Å². The van der Waals surface area contributed by atoms with Gasteiger partial charge in [-0.25, -0.2) is 0 Å². The summed E-state index contributed by atoms with van der Waals surface area (Å²) in [6.07, 6.45) is 7.30. The van der Waals surface area contributed by atoms with Gasteiger partial charge in [0.1, 0.15) is 5.75 Å². The van der Waals surface area contributed by atoms with Gasteiger partial charge in [0.15, 0.2) is 5.96 Å². The average molecular weight is 461 g/mol. The molecule has 1 fully saturated rings. The molecule has 1 saturated heterocycles. The number of phenolic OH excluding ortho intramolecular Hbond substituents is 1. The maximum atomic E-state index is 10.3. The summed E-state index contributed by atoms with van der Waals surface area (Å²) >= 11 is 2.05. The molecular formula is C18H28IN3OS. The summed E-state index contributed by atoms with van der Waals surface area (Å²) in [5.74, 6) is 2.51. The van der Waals surface area contributed by atoms with Crippen LogP contribution in [-0.2, 0) is 19.4 Å². The molecule has 0 amide bonds. The molecule has 1 aromatic rings. The topological polar surface area (TPSA) is 56.7 Å². The molecule has 0 aromatic heterocycles. The molecule has 1 aromatic carbocycles. The second-order valence-electron chi connectivity index (χ2n) is 6.35. The van der Waals surface area contributed by atoms with Crippen LogP contribution in [0.25, 0.3) is 0 Å². The van der Waals surface area contributed by atoms with Gasteiger partial charge in [-0.2, -0.15) is 11.8 Å². The molecule has 1 aliphatic carbocycles. The van der Waals surface area contributed by atoms with Crippen molar-refractivity contribution in [3.8, 4) is 5.75 Å². The predicted octanol–water partition coefficient (Wildman–Crippen LogP) is 3.45. The number of aliphatic imine (C=N–C) groups is 1. The van der Waals surface area contributed by atoms with E-state index in [0.717, 1.165) is 30.9 Å². The molecule has 1 atom stereocenters. The maximum Gasteiger partial charge on any atom is 0.191 e. The van der Waals surface area contributed by atoms with Crippen LogP contribution in [0.4, 0.5) is 0 Å². The Morgan fingerprint density at radius 3 is 2.83 bits per heavy atom. The highest BCUT2D eigenvalue weighted by atomic mass is 127. The van der Waals surface area contributed by atoms with E-state index in [-0.39, 0.29) is 24.0 Å². The molecule has 24 heavy (non-hydrogen) atoms. The van der Waals surface area contributed by atoms with Crippen molar-refractivity contribution in [3.05, 3.63) is 28.8 Å². The number of thioether (sulfide) groups is 1. The Kier molecular flexibility index (Phi) is 8.00. The lowest BCUT2D eigenvalue weighted by Crippen LogP contribution is -2.40. The molecule has 1 unspecified atom stereocenters. The monoisotopic (exact) mass is 461 g/mol. The Morgan fingerprint density at radius 2 is 2.08 bits per heavy atom. The average Bonchev–Trinajstić information content (AvgIpc) is 3.10. The standard InChI is InChI=1S/C18H27N3OS.HI/c1-19-18(20-11-14-6-4-10-23-14)21-12-16-15-7-3-2-5-13(15)8-9-17(16)22;/h8-9,14,22H,2-7,10-12H2,1H3,(H2,19,20,21);1H. The third-order valence-corrected chi connectivity index (χ3v) is 6.20. The smallest absolute Gasteiger partial charge is 0.191 e. The number of halogens is 1. The maximum absolute atomic E-state index is 10.3. The number of benzene rings is 1. The van der Waals surface area contributed by atoms with Gasteiger partial charge in [0, 0.05) is 31.0 Å². The molecule has 2 aliphatic rings. The summed E-state index contributed by atoms with van der Waals surface area (Å²) < 4.78 is 0. The van der Waals surface area contributed by atoms with Crippen LogP contribution in [0.15, 0.2) is 17.1 Å². The molecule has 0 saturated carbocycles. The largest absolute Gasteiger partial charge is 0.508 e. The number of aryl methyl sites for hydroxylation is 1. The lowest BCUT2D eigenvalue weighted by Gasteiger charge is -2.21. The second-order valence-corrected chi connectivity index (χ2v) is 7.76. The summed E-state index contributed by atoms with van der Waals surface area (Å²) in [4.78, 5) is 4.31. The van der Waals surface area contributed by atoms with Gasteiger partial charge in [-0.3, -0.25) is 4.99 Å². The highest BCUT2D eigenvalue weighted by Crippen LogP contribution is 2.30. The van der Waals surface area contributed by atoms with E-state index in [2.05, 4.69) is 21.7 Å². The van der Waals surface area contributed by atoms with Gasteiger partial charge in [0.2, 0.25) is 0 Å². The lowest BCUT2D eigenvalue weighted by molar-refractivity contribution is 0.464. The normalized spacial score (nSPS) is 20.2. The van der Waals surface area contributed by atoms with Gasteiger partial charge in [-0.1, -0.05) is 6.07 Å². The minimum Gasteiger partial charge on any atom is -0.508 e. The number of aromatic hydroxyl groups is 1. The quantitative estimate of drug-likeness (QED) is 0.365. The summed E-state index contributed by atoms with van der Waals surface area (Å²) in [5.41, 5.74) is 3.78. The van der Waals surface area contributed by atoms with Gasteiger partial charge in [-0.15, -0.1) is 24.0 Å². The van der Waals surface area contributed by atoms with Crippen LogP contribution in [0.2, 0.25) is 0 Å². The predicted molar refractivity (Wildman–Crippen MR) is 114 cm³/mol. The number of hydrogen-bond acceptors (Lipinski definition) is 3. The SMILES string of the molecule is CN=C(NCc1c(O)ccc2c1CCCC2)NCC1CCCS1.I. The number of nitrogens with one attached hydrogen (secondary N) is 2. The van der Waals surface area contributed by atoms with Gasteiger partial charge in [0.25, 0.3) is 0 Å². The van der Waals surface area contributed by atoms with Crippen LogP contribution in [-0.4, -0.2) is 35.7 Å². The Morgan fingerprint density at radius 1 is 1.25 bits per heavy atom. The first-order valence-electron chi connectivity index (χ1n) is 8.66. The summed E-state index contributed by atoms with van der Waals surface area (Å²) in [7, 11) is 1.80. The van der Waals surface area contributed by atoms with Crippen molar-refractivity contribution in [1.82, 2.24) is 10.6 Å². The van der Waals surface area contributed by atoms with Crippen molar-refractivity contribution >= 4 is 41.7 Å². The Hall–Kier alpha value is -0.630. The highest BCUT2D eigenvalue weighted by Gasteiger charge is 2.18. The fourth-order valence-electron chi connectivity index (χ4n) is 3.50. The minimum absolute atomic E-state index is 0. The van der Waals surface area contributed by atoms with Crippen molar-refractivity contribution in [1.29, 1.82) is 0 Å². The molecule has 134 valence electrons. The van der Waals surface area contributed by atoms with E-state index >= 15 is 0 Å². The lowest BCUT2D eigenvalue weighted by atomic mass is 9.88. The second kappa shape index (κ2) is 9.75. The zero-order valence-electron chi connectivity index (χ0n) is 14.3. The highest BCUT2D eigenvalue weighted by molar-refractivity contribution is 14.0. The third-order valence-electron chi connectivity index (χ3n) is 4.80. The van der Waals surface area contributed by atoms with Gasteiger partial charge in [-0.05, 0) is 61.5 Å². The molecule has 0 radical (unpaired) electrons. The summed E-state index contributed by atoms with van der Waals surface area (Å²) in [6, 6.07) is 3.92. The van der Waals surface area contributed by atoms with Crippen molar-refractivity contribution in [3.63, 3.8) is 0 Å². The van der Waals surface area contributed by atoms with E-state index in [1.54, 1.807) is 7.05 Å². The Balaban J connectivity index is 0.00000208. The van der Waals surface area contributed by atoms with E-state index in [9.17, 15) is 5.11 Å². The molecule has 0 spiro atoms. The number of fused-ring (bicyclic) bond motifs is 1. The molecule has 3 N–H and O–H groups in total. The van der Waals surface area contributed by atoms with Gasteiger partial charge in [0.05, 0.1) is 0 Å². The fraction of sp³-hybridized carbons (Fsp3) is 0.611. The molecule has 3 rings (SSSR count). The van der Waals surface area contributed by atoms with Crippen molar-refractivity contribution in [2.24, 2.45) is 4.99 Å². The first kappa shape index (κ1) is 19.7. The molecular weight excluding hydrogens is 433 g/mol. The van der Waals surface area contributed by atoms with E-state index < -0.39 is 0 Å². The summed E-state index contributed by atoms with van der Waals surface area (Å²) in [5, 5.41) is 17.7. The van der Waals surface area contributed by atoms with E-state index in [4.69, 9.17) is 0 Å². The minimum atomic E-state index is 0. The fourth-order valence-corrected chi connectivity index (χ4v) is 4.70. The third kappa shape index (κ3) is 4.94. The number of phenols is 1. The number of rotatable bonds is 4. The van der Waals surface area contributed by atoms with E-state index in [1.165, 1.54) is 42.6 Å². The van der Waals surface area contributed by atoms with E-state index in [1.807, 2.05) is 17.8 Å². The molecule has 6 heteroatoms. The Bertz CT molecular complexity index is 574. The molecule has 1 heterocycles. The zero-order chi connectivity index (χ0) is 16.1. The van der Waals surface area contributed by atoms with Crippen LogP contribution >= 0.6 is 35.7 Å².